The molecule has 0 atom stereocenters. The zero-order valence-corrected chi connectivity index (χ0v) is 13.1. The normalized spacial score (nSPS) is 12.5. The van der Waals surface area contributed by atoms with Crippen molar-refractivity contribution in [1.29, 1.82) is 0 Å². The molecule has 0 aliphatic rings. The number of nitrogens with zero attached hydrogens (tertiary/aromatic N) is 3. The number of fused-ring (bicyclic) bond motifs is 1. The highest BCUT2D eigenvalue weighted by atomic mass is 32.1. The van der Waals surface area contributed by atoms with Crippen molar-refractivity contribution in [3.8, 4) is 0 Å². The van der Waals surface area contributed by atoms with Gasteiger partial charge in [-0.1, -0.05) is 6.92 Å². The fourth-order valence-electron chi connectivity index (χ4n) is 2.49. The Labute approximate surface area is 118 Å². The maximum atomic E-state index is 5.77. The van der Waals surface area contributed by atoms with Crippen molar-refractivity contribution in [3.63, 3.8) is 0 Å². The summed E-state index contributed by atoms with van der Waals surface area (Å²) in [6.45, 7) is 9.66. The summed E-state index contributed by atoms with van der Waals surface area (Å²) < 4.78 is 10.5. The molecular formula is C13H22N4OS. The highest BCUT2D eigenvalue weighted by Gasteiger charge is 2.22. The largest absolute Gasteiger partial charge is 0.374 e. The van der Waals surface area contributed by atoms with Crippen LogP contribution in [0.25, 0.3) is 11.2 Å². The van der Waals surface area contributed by atoms with Crippen molar-refractivity contribution in [1.82, 2.24) is 19.3 Å². The van der Waals surface area contributed by atoms with Gasteiger partial charge in [-0.2, -0.15) is 5.10 Å². The smallest absolute Gasteiger partial charge is 0.179 e. The Hall–Kier alpha value is -1.14. The third-order valence-corrected chi connectivity index (χ3v) is 3.55. The Morgan fingerprint density at radius 1 is 1.37 bits per heavy atom. The lowest BCUT2D eigenvalue weighted by molar-refractivity contribution is -0.0220. The number of imidazole rings is 1. The first kappa shape index (κ1) is 14.3. The van der Waals surface area contributed by atoms with Gasteiger partial charge in [0.05, 0.1) is 17.8 Å². The van der Waals surface area contributed by atoms with Gasteiger partial charge in [0, 0.05) is 13.7 Å². The highest BCUT2D eigenvalue weighted by Crippen LogP contribution is 2.21. The number of rotatable bonds is 5. The van der Waals surface area contributed by atoms with E-state index in [1.807, 2.05) is 18.7 Å². The van der Waals surface area contributed by atoms with Gasteiger partial charge in [-0.3, -0.25) is 9.25 Å². The van der Waals surface area contributed by atoms with Gasteiger partial charge in [-0.15, -0.1) is 0 Å². The quantitative estimate of drug-likeness (QED) is 0.858. The molecule has 0 spiro atoms. The molecule has 0 aliphatic carbocycles. The number of aromatic amines is 1. The Morgan fingerprint density at radius 3 is 2.63 bits per heavy atom. The molecule has 0 fully saturated rings. The zero-order valence-electron chi connectivity index (χ0n) is 12.3. The molecule has 19 heavy (non-hydrogen) atoms. The lowest BCUT2D eigenvalue weighted by Gasteiger charge is -2.25. The summed E-state index contributed by atoms with van der Waals surface area (Å²) >= 11 is 5.44. The number of H-pyrrole nitrogens is 1. The van der Waals surface area contributed by atoms with Gasteiger partial charge in [0.25, 0.3) is 0 Å². The summed E-state index contributed by atoms with van der Waals surface area (Å²) in [6.07, 6.45) is 0.890. The molecule has 0 saturated heterocycles. The molecule has 1 N–H and O–H groups in total. The van der Waals surface area contributed by atoms with Crippen LogP contribution in [0.2, 0.25) is 0 Å². The van der Waals surface area contributed by atoms with Gasteiger partial charge in [-0.05, 0) is 39.4 Å². The van der Waals surface area contributed by atoms with E-state index >= 15 is 0 Å². The third kappa shape index (κ3) is 2.60. The zero-order chi connectivity index (χ0) is 14.2. The molecule has 2 aromatic heterocycles. The van der Waals surface area contributed by atoms with E-state index in [1.54, 1.807) is 0 Å². The minimum absolute atomic E-state index is 0.251. The maximum Gasteiger partial charge on any atom is 0.179 e. The molecule has 2 aromatic rings. The van der Waals surface area contributed by atoms with E-state index in [2.05, 4.69) is 35.4 Å². The number of hydrogen-bond acceptors (Lipinski definition) is 3. The van der Waals surface area contributed by atoms with Gasteiger partial charge in [0.2, 0.25) is 0 Å². The number of hydrogen-bond donors (Lipinski definition) is 1. The van der Waals surface area contributed by atoms with Crippen molar-refractivity contribution in [2.75, 3.05) is 6.61 Å². The first-order valence-corrected chi connectivity index (χ1v) is 7.08. The standard InChI is InChI=1S/C13H22N4OS/c1-6-9-10-11(16(5)15-9)17(12(19)14-10)8-13(3,4)18-7-2/h6-8H2,1-5H3,(H,14,19). The summed E-state index contributed by atoms with van der Waals surface area (Å²) in [5.41, 5.74) is 2.88. The molecule has 0 unspecified atom stereocenters. The van der Waals surface area contributed by atoms with Crippen LogP contribution in [0.5, 0.6) is 0 Å². The van der Waals surface area contributed by atoms with Crippen molar-refractivity contribution in [2.24, 2.45) is 7.05 Å². The monoisotopic (exact) mass is 282 g/mol. The SMILES string of the molecule is CCOC(C)(C)Cn1c(=S)[nH]c2c(CC)nn(C)c21. The molecule has 0 bridgehead atoms. The second-order valence-corrected chi connectivity index (χ2v) is 5.72. The Morgan fingerprint density at radius 2 is 2.05 bits per heavy atom. The summed E-state index contributed by atoms with van der Waals surface area (Å²) in [4.78, 5) is 3.27. The highest BCUT2D eigenvalue weighted by molar-refractivity contribution is 7.71. The lowest BCUT2D eigenvalue weighted by Crippen LogP contribution is -2.30. The number of nitrogens with one attached hydrogen (secondary N) is 1. The Bertz CT molecular complexity index is 635. The van der Waals surface area contributed by atoms with E-state index in [9.17, 15) is 0 Å². The van der Waals surface area contributed by atoms with Crippen LogP contribution in [0.1, 0.15) is 33.4 Å². The van der Waals surface area contributed by atoms with Crippen LogP contribution in [0.3, 0.4) is 0 Å². The molecule has 0 aromatic carbocycles. The van der Waals surface area contributed by atoms with Crippen LogP contribution in [0.4, 0.5) is 0 Å². The molecule has 0 radical (unpaired) electrons. The van der Waals surface area contributed by atoms with Crippen LogP contribution in [-0.4, -0.2) is 31.5 Å². The van der Waals surface area contributed by atoms with Crippen LogP contribution < -0.4 is 0 Å². The summed E-state index contributed by atoms with van der Waals surface area (Å²) in [5, 5.41) is 4.52. The van der Waals surface area contributed by atoms with Gasteiger partial charge in [0.1, 0.15) is 5.52 Å². The van der Waals surface area contributed by atoms with E-state index in [-0.39, 0.29) is 5.60 Å². The molecule has 2 heterocycles. The number of aryl methyl sites for hydroxylation is 2. The maximum absolute atomic E-state index is 5.77. The van der Waals surface area contributed by atoms with E-state index in [0.717, 1.165) is 28.0 Å². The van der Waals surface area contributed by atoms with E-state index in [1.165, 1.54) is 0 Å². The van der Waals surface area contributed by atoms with Gasteiger partial charge in [0.15, 0.2) is 10.4 Å². The van der Waals surface area contributed by atoms with Crippen LogP contribution in [0.15, 0.2) is 0 Å². The van der Waals surface area contributed by atoms with Crippen LogP contribution in [0, 0.1) is 4.77 Å². The molecule has 0 saturated carbocycles. The van der Waals surface area contributed by atoms with Crippen molar-refractivity contribution < 1.29 is 4.74 Å². The van der Waals surface area contributed by atoms with Crippen LogP contribution in [-0.2, 0) is 24.8 Å². The molecule has 106 valence electrons. The van der Waals surface area contributed by atoms with E-state index in [0.29, 0.717) is 13.2 Å². The molecular weight excluding hydrogens is 260 g/mol. The molecule has 6 heteroatoms. The predicted molar refractivity (Wildman–Crippen MR) is 79.0 cm³/mol. The molecule has 0 aliphatic heterocycles. The molecule has 5 nitrogen and oxygen atoms in total. The van der Waals surface area contributed by atoms with Crippen molar-refractivity contribution in [2.45, 2.75) is 46.3 Å². The Balaban J connectivity index is 2.52. The fraction of sp³-hybridized carbons (Fsp3) is 0.692. The van der Waals surface area contributed by atoms with Crippen molar-refractivity contribution >= 4 is 23.4 Å². The summed E-state index contributed by atoms with van der Waals surface area (Å²) in [5.74, 6) is 0. The first-order chi connectivity index (χ1) is 8.89. The Kier molecular flexibility index (Phi) is 3.82. The topological polar surface area (TPSA) is 47.8 Å². The number of aromatic nitrogens is 4. The summed E-state index contributed by atoms with van der Waals surface area (Å²) in [6, 6.07) is 0. The molecule has 0 amide bonds. The van der Waals surface area contributed by atoms with Gasteiger partial charge >= 0.3 is 0 Å². The predicted octanol–water partition coefficient (Wildman–Crippen LogP) is 2.81. The minimum Gasteiger partial charge on any atom is -0.374 e. The average Bonchev–Trinajstić information content (AvgIpc) is 2.78. The van der Waals surface area contributed by atoms with Gasteiger partial charge < -0.3 is 9.72 Å². The van der Waals surface area contributed by atoms with Crippen LogP contribution >= 0.6 is 12.2 Å². The minimum atomic E-state index is -0.251. The van der Waals surface area contributed by atoms with Crippen molar-refractivity contribution in [3.05, 3.63) is 10.5 Å². The number of ether oxygens (including phenoxy) is 1. The second kappa shape index (κ2) is 5.09. The van der Waals surface area contributed by atoms with Gasteiger partial charge in [-0.25, -0.2) is 0 Å². The molecule has 2 rings (SSSR count). The second-order valence-electron chi connectivity index (χ2n) is 5.33. The first-order valence-electron chi connectivity index (χ1n) is 6.68. The third-order valence-electron chi connectivity index (χ3n) is 3.23. The van der Waals surface area contributed by atoms with E-state index in [4.69, 9.17) is 17.0 Å². The summed E-state index contributed by atoms with van der Waals surface area (Å²) in [7, 11) is 1.95. The average molecular weight is 282 g/mol. The lowest BCUT2D eigenvalue weighted by atomic mass is 10.1. The fourth-order valence-corrected chi connectivity index (χ4v) is 2.74. The van der Waals surface area contributed by atoms with E-state index < -0.39 is 0 Å².